The van der Waals surface area contributed by atoms with E-state index in [0.29, 0.717) is 22.0 Å². The first kappa shape index (κ1) is 18.8. The second-order valence-electron chi connectivity index (χ2n) is 6.11. The van der Waals surface area contributed by atoms with Crippen molar-refractivity contribution in [3.05, 3.63) is 51.8 Å². The standard InChI is InChI=1S/C19H19N3O4S/c1-9-14-10(2)20-11(3)21-18(14)27-16(9)17(23)22-15(19(24)25)12-5-7-13(26-4)8-6-12/h5-8,15H,1-4H3,(H,22,23)(H,24,25). The quantitative estimate of drug-likeness (QED) is 0.699. The highest BCUT2D eigenvalue weighted by Crippen LogP contribution is 2.31. The number of carboxylic acid groups (broad SMARTS) is 1. The fraction of sp³-hybridized carbons (Fsp3) is 0.263. The third-order valence-corrected chi connectivity index (χ3v) is 5.45. The summed E-state index contributed by atoms with van der Waals surface area (Å²) in [4.78, 5) is 34.4. The number of carboxylic acids is 1. The minimum atomic E-state index is -1.16. The Morgan fingerprint density at radius 3 is 2.41 bits per heavy atom. The van der Waals surface area contributed by atoms with Gasteiger partial charge in [0.25, 0.3) is 5.91 Å². The van der Waals surface area contributed by atoms with Crippen LogP contribution in [0, 0.1) is 20.8 Å². The molecule has 2 heterocycles. The van der Waals surface area contributed by atoms with Crippen molar-refractivity contribution in [2.75, 3.05) is 7.11 Å². The lowest BCUT2D eigenvalue weighted by Gasteiger charge is -2.15. The van der Waals surface area contributed by atoms with E-state index in [-0.39, 0.29) is 0 Å². The first-order valence-electron chi connectivity index (χ1n) is 8.23. The number of aryl methyl sites for hydroxylation is 3. The smallest absolute Gasteiger partial charge is 0.330 e. The zero-order valence-electron chi connectivity index (χ0n) is 15.4. The third kappa shape index (κ3) is 3.61. The molecule has 8 heteroatoms. The van der Waals surface area contributed by atoms with Gasteiger partial charge < -0.3 is 15.2 Å². The maximum absolute atomic E-state index is 12.8. The summed E-state index contributed by atoms with van der Waals surface area (Å²) in [5, 5.41) is 13.0. The van der Waals surface area contributed by atoms with Crippen LogP contribution in [0.15, 0.2) is 24.3 Å². The summed E-state index contributed by atoms with van der Waals surface area (Å²) < 4.78 is 5.08. The molecule has 1 aromatic carbocycles. The molecule has 27 heavy (non-hydrogen) atoms. The fourth-order valence-electron chi connectivity index (χ4n) is 2.97. The molecule has 3 aromatic rings. The predicted octanol–water partition coefficient (Wildman–Crippen LogP) is 3.18. The van der Waals surface area contributed by atoms with Crippen LogP contribution in [0.5, 0.6) is 5.75 Å². The van der Waals surface area contributed by atoms with Crippen LogP contribution in [-0.2, 0) is 4.79 Å². The van der Waals surface area contributed by atoms with Gasteiger partial charge in [0.15, 0.2) is 6.04 Å². The van der Waals surface area contributed by atoms with Gasteiger partial charge in [-0.1, -0.05) is 12.1 Å². The van der Waals surface area contributed by atoms with Crippen molar-refractivity contribution in [1.82, 2.24) is 15.3 Å². The van der Waals surface area contributed by atoms with Crippen LogP contribution in [0.4, 0.5) is 0 Å². The molecular weight excluding hydrogens is 366 g/mol. The molecular formula is C19H19N3O4S. The Hall–Kier alpha value is -3.00. The SMILES string of the molecule is COc1ccc(C(NC(=O)c2sc3nc(C)nc(C)c3c2C)C(=O)O)cc1. The highest BCUT2D eigenvalue weighted by Gasteiger charge is 2.26. The summed E-state index contributed by atoms with van der Waals surface area (Å²) in [6, 6.07) is 5.39. The third-order valence-electron chi connectivity index (χ3n) is 4.26. The van der Waals surface area contributed by atoms with Crippen LogP contribution in [0.3, 0.4) is 0 Å². The van der Waals surface area contributed by atoms with Crippen LogP contribution in [-0.4, -0.2) is 34.1 Å². The minimum absolute atomic E-state index is 0.438. The lowest BCUT2D eigenvalue weighted by molar-refractivity contribution is -0.139. The Labute approximate surface area is 160 Å². The zero-order valence-corrected chi connectivity index (χ0v) is 16.2. The number of benzene rings is 1. The maximum Gasteiger partial charge on any atom is 0.330 e. The van der Waals surface area contributed by atoms with Crippen molar-refractivity contribution in [3.8, 4) is 5.75 Å². The molecule has 0 aliphatic carbocycles. The molecule has 2 N–H and O–H groups in total. The molecule has 0 saturated carbocycles. The Morgan fingerprint density at radius 1 is 1.15 bits per heavy atom. The number of amides is 1. The van der Waals surface area contributed by atoms with E-state index in [1.54, 1.807) is 31.2 Å². The van der Waals surface area contributed by atoms with Gasteiger partial charge in [-0.15, -0.1) is 11.3 Å². The molecule has 0 aliphatic heterocycles. The number of aromatic nitrogens is 2. The summed E-state index contributed by atoms with van der Waals surface area (Å²) in [5.41, 5.74) is 2.02. The van der Waals surface area contributed by atoms with E-state index in [1.807, 2.05) is 13.8 Å². The number of aliphatic carboxylic acids is 1. The summed E-state index contributed by atoms with van der Waals surface area (Å²) in [6.45, 7) is 5.49. The first-order chi connectivity index (χ1) is 12.8. The van der Waals surface area contributed by atoms with Crippen molar-refractivity contribution in [1.29, 1.82) is 0 Å². The van der Waals surface area contributed by atoms with Crippen molar-refractivity contribution in [3.63, 3.8) is 0 Å². The highest BCUT2D eigenvalue weighted by atomic mass is 32.1. The van der Waals surface area contributed by atoms with Gasteiger partial charge in [0.2, 0.25) is 0 Å². The van der Waals surface area contributed by atoms with Crippen molar-refractivity contribution in [2.45, 2.75) is 26.8 Å². The molecule has 2 aromatic heterocycles. The summed E-state index contributed by atoms with van der Waals surface area (Å²) >= 11 is 1.24. The van der Waals surface area contributed by atoms with Gasteiger partial charge in [-0.3, -0.25) is 4.79 Å². The van der Waals surface area contributed by atoms with E-state index < -0.39 is 17.9 Å². The number of ether oxygens (including phenoxy) is 1. The van der Waals surface area contributed by atoms with Gasteiger partial charge in [0, 0.05) is 11.1 Å². The van der Waals surface area contributed by atoms with Gasteiger partial charge in [0.1, 0.15) is 16.4 Å². The largest absolute Gasteiger partial charge is 0.497 e. The lowest BCUT2D eigenvalue weighted by atomic mass is 10.1. The topological polar surface area (TPSA) is 101 Å². The molecule has 1 unspecified atom stereocenters. The van der Waals surface area contributed by atoms with Crippen LogP contribution in [0.2, 0.25) is 0 Å². The van der Waals surface area contributed by atoms with Gasteiger partial charge >= 0.3 is 5.97 Å². The number of hydrogen-bond acceptors (Lipinski definition) is 6. The van der Waals surface area contributed by atoms with Crippen molar-refractivity contribution in [2.24, 2.45) is 0 Å². The van der Waals surface area contributed by atoms with Gasteiger partial charge in [0.05, 0.1) is 12.0 Å². The summed E-state index contributed by atoms with van der Waals surface area (Å²) in [5.74, 6) is -0.344. The van der Waals surface area contributed by atoms with E-state index in [2.05, 4.69) is 15.3 Å². The molecule has 0 bridgehead atoms. The normalized spacial score (nSPS) is 12.0. The van der Waals surface area contributed by atoms with E-state index in [9.17, 15) is 14.7 Å². The number of fused-ring (bicyclic) bond motifs is 1. The molecule has 3 rings (SSSR count). The highest BCUT2D eigenvalue weighted by molar-refractivity contribution is 7.20. The maximum atomic E-state index is 12.8. The first-order valence-corrected chi connectivity index (χ1v) is 9.05. The van der Waals surface area contributed by atoms with E-state index in [0.717, 1.165) is 21.5 Å². The van der Waals surface area contributed by atoms with E-state index in [1.165, 1.54) is 18.4 Å². The van der Waals surface area contributed by atoms with Gasteiger partial charge in [-0.2, -0.15) is 0 Å². The Morgan fingerprint density at radius 2 is 1.81 bits per heavy atom. The van der Waals surface area contributed by atoms with Gasteiger partial charge in [-0.05, 0) is 44.0 Å². The monoisotopic (exact) mass is 385 g/mol. The van der Waals surface area contributed by atoms with Crippen molar-refractivity contribution < 1.29 is 19.4 Å². The second-order valence-corrected chi connectivity index (χ2v) is 7.11. The number of methoxy groups -OCH3 is 1. The number of nitrogens with one attached hydrogen (secondary N) is 1. The fourth-order valence-corrected chi connectivity index (χ4v) is 4.15. The van der Waals surface area contributed by atoms with E-state index >= 15 is 0 Å². The number of carbonyl (C=O) groups excluding carboxylic acids is 1. The molecule has 1 amide bonds. The number of nitrogens with zero attached hydrogens (tertiary/aromatic N) is 2. The molecule has 0 saturated heterocycles. The van der Waals surface area contributed by atoms with Gasteiger partial charge in [-0.25, -0.2) is 14.8 Å². The predicted molar refractivity (Wildman–Crippen MR) is 102 cm³/mol. The Bertz CT molecular complexity index is 1030. The molecule has 0 radical (unpaired) electrons. The average molecular weight is 385 g/mol. The molecule has 140 valence electrons. The Balaban J connectivity index is 1.94. The zero-order chi connectivity index (χ0) is 19.7. The van der Waals surface area contributed by atoms with Crippen molar-refractivity contribution >= 4 is 33.4 Å². The van der Waals surface area contributed by atoms with E-state index in [4.69, 9.17) is 4.74 Å². The Kier molecular flexibility index (Phi) is 5.09. The second kappa shape index (κ2) is 7.32. The number of hydrogen-bond donors (Lipinski definition) is 2. The molecule has 1 atom stereocenters. The minimum Gasteiger partial charge on any atom is -0.497 e. The number of rotatable bonds is 5. The molecule has 0 fully saturated rings. The molecule has 7 nitrogen and oxygen atoms in total. The lowest BCUT2D eigenvalue weighted by Crippen LogP contribution is -2.33. The van der Waals surface area contributed by atoms with Crippen LogP contribution < -0.4 is 10.1 Å². The molecule has 0 aliphatic rings. The average Bonchev–Trinajstić information content (AvgIpc) is 2.96. The van der Waals surface area contributed by atoms with Crippen LogP contribution >= 0.6 is 11.3 Å². The van der Waals surface area contributed by atoms with Crippen LogP contribution in [0.25, 0.3) is 10.2 Å². The summed E-state index contributed by atoms with van der Waals surface area (Å²) in [6.07, 6.45) is 0. The number of carbonyl (C=O) groups is 2. The molecule has 0 spiro atoms. The van der Waals surface area contributed by atoms with Crippen LogP contribution in [0.1, 0.15) is 38.4 Å². The number of thiophene rings is 1. The summed E-state index contributed by atoms with van der Waals surface area (Å²) in [7, 11) is 1.53.